The molecule has 0 heterocycles. The van der Waals surface area contributed by atoms with Crippen LogP contribution in [0, 0.1) is 0 Å². The summed E-state index contributed by atoms with van der Waals surface area (Å²) in [4.78, 5) is 0. The average molecular weight is 261 g/mol. The van der Waals surface area contributed by atoms with Crippen LogP contribution in [-0.4, -0.2) is 11.1 Å². The van der Waals surface area contributed by atoms with Crippen molar-refractivity contribution in [2.45, 2.75) is 64.0 Å². The summed E-state index contributed by atoms with van der Waals surface area (Å²) < 4.78 is 0. The molecule has 0 unspecified atom stereocenters. The highest BCUT2D eigenvalue weighted by atomic mass is 15.1. The fourth-order valence-electron chi connectivity index (χ4n) is 2.23. The molecule has 0 radical (unpaired) electrons. The minimum atomic E-state index is 0.196. The second-order valence-electron chi connectivity index (χ2n) is 6.44. The van der Waals surface area contributed by atoms with Crippen LogP contribution in [0.2, 0.25) is 0 Å². The van der Waals surface area contributed by atoms with E-state index in [9.17, 15) is 0 Å². The Kier molecular flexibility index (Phi) is 3.41. The van der Waals surface area contributed by atoms with Gasteiger partial charge >= 0.3 is 0 Å². The third-order valence-corrected chi connectivity index (χ3v) is 4.60. The standard InChI is InChI=1S/C16H27N3/c1-6-16(9-10-16)18-13(4)11(2)12(3)14(17)19-15(5)7-8-15/h18-19H,2,4,6-10,17H2,1,3,5H3/b14-12-. The van der Waals surface area contributed by atoms with E-state index < -0.39 is 0 Å². The molecule has 19 heavy (non-hydrogen) atoms. The van der Waals surface area contributed by atoms with E-state index in [4.69, 9.17) is 5.73 Å². The van der Waals surface area contributed by atoms with Gasteiger partial charge in [-0.15, -0.1) is 0 Å². The highest BCUT2D eigenvalue weighted by molar-refractivity contribution is 5.44. The number of nitrogens with two attached hydrogens (primary N) is 1. The quantitative estimate of drug-likeness (QED) is 0.618. The number of rotatable bonds is 7. The van der Waals surface area contributed by atoms with E-state index in [1.165, 1.54) is 25.7 Å². The van der Waals surface area contributed by atoms with Gasteiger partial charge in [-0.05, 0) is 57.1 Å². The van der Waals surface area contributed by atoms with Gasteiger partial charge in [0.15, 0.2) is 0 Å². The van der Waals surface area contributed by atoms with E-state index in [0.29, 0.717) is 0 Å². The lowest BCUT2D eigenvalue weighted by Gasteiger charge is -2.22. The summed E-state index contributed by atoms with van der Waals surface area (Å²) in [5.41, 5.74) is 9.41. The lowest BCUT2D eigenvalue weighted by Crippen LogP contribution is -2.34. The summed E-state index contributed by atoms with van der Waals surface area (Å²) >= 11 is 0. The number of hydrogen-bond donors (Lipinski definition) is 3. The van der Waals surface area contributed by atoms with Crippen LogP contribution in [0.5, 0.6) is 0 Å². The van der Waals surface area contributed by atoms with Gasteiger partial charge in [0.2, 0.25) is 0 Å². The van der Waals surface area contributed by atoms with Gasteiger partial charge < -0.3 is 16.4 Å². The molecule has 0 spiro atoms. The molecule has 2 rings (SSSR count). The van der Waals surface area contributed by atoms with Crippen LogP contribution >= 0.6 is 0 Å². The van der Waals surface area contributed by atoms with Crippen molar-refractivity contribution < 1.29 is 0 Å². The Morgan fingerprint density at radius 2 is 1.74 bits per heavy atom. The van der Waals surface area contributed by atoms with Crippen LogP contribution in [0.3, 0.4) is 0 Å². The first-order valence-corrected chi connectivity index (χ1v) is 7.22. The SMILES string of the molecule is C=C(NC1(CC)CC1)C(=C)/C(C)=C(/N)NC1(C)CC1. The summed E-state index contributed by atoms with van der Waals surface area (Å²) in [5.74, 6) is 0.731. The van der Waals surface area contributed by atoms with Crippen LogP contribution in [0.15, 0.2) is 35.8 Å². The summed E-state index contributed by atoms with van der Waals surface area (Å²) in [7, 11) is 0. The molecule has 0 saturated heterocycles. The van der Waals surface area contributed by atoms with Gasteiger partial charge in [0.25, 0.3) is 0 Å². The van der Waals surface area contributed by atoms with E-state index in [0.717, 1.165) is 29.1 Å². The molecule has 2 fully saturated rings. The Hall–Kier alpha value is -1.38. The largest absolute Gasteiger partial charge is 0.385 e. The van der Waals surface area contributed by atoms with E-state index >= 15 is 0 Å². The van der Waals surface area contributed by atoms with Crippen LogP contribution in [-0.2, 0) is 0 Å². The zero-order valence-corrected chi connectivity index (χ0v) is 12.5. The van der Waals surface area contributed by atoms with Crippen molar-refractivity contribution in [3.63, 3.8) is 0 Å². The van der Waals surface area contributed by atoms with Gasteiger partial charge in [-0.3, -0.25) is 0 Å². The van der Waals surface area contributed by atoms with Crippen LogP contribution in [0.4, 0.5) is 0 Å². The lowest BCUT2D eigenvalue weighted by molar-refractivity contribution is 0.542. The Labute approximate surface area is 117 Å². The zero-order chi connectivity index (χ0) is 14.3. The highest BCUT2D eigenvalue weighted by Gasteiger charge is 2.41. The van der Waals surface area contributed by atoms with E-state index in [1.807, 2.05) is 6.92 Å². The summed E-state index contributed by atoms with van der Waals surface area (Å²) in [6, 6.07) is 0. The van der Waals surface area contributed by atoms with Crippen molar-refractivity contribution in [3.05, 3.63) is 35.8 Å². The molecule has 0 amide bonds. The Bertz CT molecular complexity index is 437. The van der Waals surface area contributed by atoms with Crippen molar-refractivity contribution in [2.75, 3.05) is 0 Å². The Balaban J connectivity index is 1.97. The minimum absolute atomic E-state index is 0.196. The first-order valence-electron chi connectivity index (χ1n) is 7.22. The molecule has 2 aliphatic carbocycles. The normalized spacial score (nSPS) is 23.1. The molecule has 0 aromatic heterocycles. The van der Waals surface area contributed by atoms with Crippen LogP contribution in [0.1, 0.15) is 52.9 Å². The molecule has 106 valence electrons. The van der Waals surface area contributed by atoms with Gasteiger partial charge in [-0.2, -0.15) is 0 Å². The molecule has 0 bridgehead atoms. The molecule has 4 N–H and O–H groups in total. The molecular weight excluding hydrogens is 234 g/mol. The highest BCUT2D eigenvalue weighted by Crippen LogP contribution is 2.40. The maximum Gasteiger partial charge on any atom is 0.100 e. The summed E-state index contributed by atoms with van der Waals surface area (Å²) in [6.45, 7) is 14.7. The molecule has 0 aliphatic heterocycles. The van der Waals surface area contributed by atoms with Crippen molar-refractivity contribution >= 4 is 0 Å². The molecule has 2 aliphatic rings. The molecule has 3 nitrogen and oxygen atoms in total. The van der Waals surface area contributed by atoms with Gasteiger partial charge in [-0.1, -0.05) is 20.1 Å². The molecule has 0 aromatic carbocycles. The second-order valence-corrected chi connectivity index (χ2v) is 6.44. The maximum atomic E-state index is 6.13. The van der Waals surface area contributed by atoms with Crippen LogP contribution in [0.25, 0.3) is 0 Å². The molecular formula is C16H27N3. The number of hydrogen-bond acceptors (Lipinski definition) is 3. The Morgan fingerprint density at radius 1 is 1.16 bits per heavy atom. The third-order valence-electron chi connectivity index (χ3n) is 4.60. The van der Waals surface area contributed by atoms with E-state index in [2.05, 4.69) is 37.6 Å². The van der Waals surface area contributed by atoms with E-state index in [1.54, 1.807) is 0 Å². The monoisotopic (exact) mass is 261 g/mol. The van der Waals surface area contributed by atoms with Crippen molar-refractivity contribution in [1.29, 1.82) is 0 Å². The van der Waals surface area contributed by atoms with Crippen LogP contribution < -0.4 is 16.4 Å². The number of allylic oxidation sites excluding steroid dienone is 1. The van der Waals surface area contributed by atoms with Crippen molar-refractivity contribution in [1.82, 2.24) is 10.6 Å². The molecule has 0 aromatic rings. The summed E-state index contributed by atoms with van der Waals surface area (Å²) in [5, 5.41) is 6.91. The fraction of sp³-hybridized carbons (Fsp3) is 0.625. The van der Waals surface area contributed by atoms with Gasteiger partial charge in [0.05, 0.1) is 0 Å². The van der Waals surface area contributed by atoms with Gasteiger partial charge in [0, 0.05) is 16.8 Å². The fourth-order valence-corrected chi connectivity index (χ4v) is 2.23. The van der Waals surface area contributed by atoms with Gasteiger partial charge in [0.1, 0.15) is 5.82 Å². The van der Waals surface area contributed by atoms with E-state index in [-0.39, 0.29) is 11.1 Å². The molecule has 2 saturated carbocycles. The molecule has 0 atom stereocenters. The lowest BCUT2D eigenvalue weighted by atomic mass is 10.0. The molecule has 3 heteroatoms. The predicted molar refractivity (Wildman–Crippen MR) is 81.3 cm³/mol. The first-order chi connectivity index (χ1) is 8.81. The minimum Gasteiger partial charge on any atom is -0.385 e. The average Bonchev–Trinajstić information content (AvgIpc) is 3.27. The topological polar surface area (TPSA) is 50.1 Å². The maximum absolute atomic E-state index is 6.13. The summed E-state index contributed by atoms with van der Waals surface area (Å²) in [6.07, 6.45) is 5.96. The predicted octanol–water partition coefficient (Wildman–Crippen LogP) is 2.92. The van der Waals surface area contributed by atoms with Gasteiger partial charge in [-0.25, -0.2) is 0 Å². The van der Waals surface area contributed by atoms with Crippen molar-refractivity contribution in [2.24, 2.45) is 5.73 Å². The third kappa shape index (κ3) is 3.14. The van der Waals surface area contributed by atoms with Crippen molar-refractivity contribution in [3.8, 4) is 0 Å². The number of nitrogens with one attached hydrogen (secondary N) is 2. The Morgan fingerprint density at radius 3 is 2.16 bits per heavy atom. The first kappa shape index (κ1) is 14.0. The second kappa shape index (κ2) is 4.62. The zero-order valence-electron chi connectivity index (χ0n) is 12.5. The smallest absolute Gasteiger partial charge is 0.100 e.